The molecule has 0 amide bonds. The van der Waals surface area contributed by atoms with E-state index in [1.165, 1.54) is 5.56 Å². The molecule has 0 aliphatic heterocycles. The Hall–Kier alpha value is -0.870. The Morgan fingerprint density at radius 1 is 1.17 bits per heavy atom. The van der Waals surface area contributed by atoms with E-state index in [9.17, 15) is 0 Å². The predicted octanol–water partition coefficient (Wildman–Crippen LogP) is 3.96. The number of hydrogen-bond donors (Lipinski definition) is 2. The number of aryl methyl sites for hydroxylation is 1. The van der Waals surface area contributed by atoms with Gasteiger partial charge in [0, 0.05) is 9.50 Å². The van der Waals surface area contributed by atoms with Crippen molar-refractivity contribution in [3.8, 4) is 0 Å². The van der Waals surface area contributed by atoms with Crippen LogP contribution in [0.5, 0.6) is 0 Å². The van der Waals surface area contributed by atoms with Crippen LogP contribution in [-0.4, -0.2) is 0 Å². The average molecular weight is 326 g/mol. The highest BCUT2D eigenvalue weighted by atomic mass is 79.9. The van der Waals surface area contributed by atoms with E-state index in [0.717, 1.165) is 15.6 Å². The van der Waals surface area contributed by atoms with Crippen molar-refractivity contribution in [1.82, 2.24) is 5.43 Å². The molecular formula is C14H14BrClN2. The van der Waals surface area contributed by atoms with Crippen molar-refractivity contribution in [2.45, 2.75) is 13.0 Å². The molecule has 2 aromatic rings. The van der Waals surface area contributed by atoms with Crippen molar-refractivity contribution in [3.05, 3.63) is 68.7 Å². The normalized spacial score (nSPS) is 12.4. The first-order valence-electron chi connectivity index (χ1n) is 5.59. The molecular weight excluding hydrogens is 312 g/mol. The van der Waals surface area contributed by atoms with Crippen LogP contribution >= 0.6 is 27.5 Å². The number of nitrogens with one attached hydrogen (secondary N) is 1. The van der Waals surface area contributed by atoms with Gasteiger partial charge in [0.05, 0.1) is 6.04 Å². The molecule has 0 heterocycles. The minimum Gasteiger partial charge on any atom is -0.271 e. The molecule has 2 nitrogen and oxygen atoms in total. The molecule has 2 rings (SSSR count). The molecule has 94 valence electrons. The number of nitrogens with two attached hydrogens (primary N) is 1. The van der Waals surface area contributed by atoms with E-state index in [-0.39, 0.29) is 6.04 Å². The largest absolute Gasteiger partial charge is 0.271 e. The molecule has 0 saturated heterocycles. The second-order valence-electron chi connectivity index (χ2n) is 4.18. The van der Waals surface area contributed by atoms with Crippen LogP contribution in [0.3, 0.4) is 0 Å². The quantitative estimate of drug-likeness (QED) is 0.662. The van der Waals surface area contributed by atoms with Crippen LogP contribution in [0.1, 0.15) is 22.7 Å². The Morgan fingerprint density at radius 2 is 1.83 bits per heavy atom. The number of halogens is 2. The molecule has 1 unspecified atom stereocenters. The van der Waals surface area contributed by atoms with Gasteiger partial charge in [0.25, 0.3) is 0 Å². The number of hydrogen-bond acceptors (Lipinski definition) is 2. The lowest BCUT2D eigenvalue weighted by Crippen LogP contribution is -2.29. The van der Waals surface area contributed by atoms with Crippen molar-refractivity contribution < 1.29 is 0 Å². The summed E-state index contributed by atoms with van der Waals surface area (Å²) in [5.74, 6) is 5.68. The summed E-state index contributed by atoms with van der Waals surface area (Å²) in [7, 11) is 0. The fraction of sp³-hybridized carbons (Fsp3) is 0.143. The second kappa shape index (κ2) is 5.85. The van der Waals surface area contributed by atoms with Crippen LogP contribution in [0.25, 0.3) is 0 Å². The molecule has 1 atom stereocenters. The van der Waals surface area contributed by atoms with Gasteiger partial charge < -0.3 is 0 Å². The second-order valence-corrected chi connectivity index (χ2v) is 5.47. The van der Waals surface area contributed by atoms with Gasteiger partial charge >= 0.3 is 0 Å². The van der Waals surface area contributed by atoms with Gasteiger partial charge in [-0.3, -0.25) is 5.84 Å². The fourth-order valence-electron chi connectivity index (χ4n) is 1.86. The average Bonchev–Trinajstić information content (AvgIpc) is 2.37. The van der Waals surface area contributed by atoms with E-state index >= 15 is 0 Å². The van der Waals surface area contributed by atoms with E-state index in [0.29, 0.717) is 5.02 Å². The third-order valence-electron chi connectivity index (χ3n) is 2.85. The SMILES string of the molecule is Cc1ccc(C(NN)c2cc(Cl)ccc2Br)cc1. The standard InChI is InChI=1S/C14H14BrClN2/c1-9-2-4-10(5-3-9)14(18-17)12-8-11(16)6-7-13(12)15/h2-8,14,18H,17H2,1H3. The van der Waals surface area contributed by atoms with Crippen LogP contribution in [0.4, 0.5) is 0 Å². The maximum Gasteiger partial charge on any atom is 0.0721 e. The van der Waals surface area contributed by atoms with Crippen molar-refractivity contribution in [2.75, 3.05) is 0 Å². The van der Waals surface area contributed by atoms with Gasteiger partial charge in [0.15, 0.2) is 0 Å². The van der Waals surface area contributed by atoms with Gasteiger partial charge in [0.2, 0.25) is 0 Å². The zero-order valence-electron chi connectivity index (χ0n) is 9.95. The first-order valence-corrected chi connectivity index (χ1v) is 6.76. The molecule has 0 aromatic heterocycles. The molecule has 4 heteroatoms. The lowest BCUT2D eigenvalue weighted by atomic mass is 9.98. The third kappa shape index (κ3) is 2.93. The Morgan fingerprint density at radius 3 is 2.44 bits per heavy atom. The summed E-state index contributed by atoms with van der Waals surface area (Å²) in [6.45, 7) is 2.06. The first kappa shape index (κ1) is 13.6. The van der Waals surface area contributed by atoms with Gasteiger partial charge in [0.1, 0.15) is 0 Å². The third-order valence-corrected chi connectivity index (χ3v) is 3.80. The van der Waals surface area contributed by atoms with E-state index < -0.39 is 0 Å². The summed E-state index contributed by atoms with van der Waals surface area (Å²) in [4.78, 5) is 0. The fourth-order valence-corrected chi connectivity index (χ4v) is 2.52. The summed E-state index contributed by atoms with van der Waals surface area (Å²) < 4.78 is 0.982. The molecule has 0 saturated carbocycles. The number of benzene rings is 2. The smallest absolute Gasteiger partial charge is 0.0721 e. The molecule has 3 N–H and O–H groups in total. The summed E-state index contributed by atoms with van der Waals surface area (Å²) in [5, 5.41) is 0.695. The maximum atomic E-state index is 6.04. The first-order chi connectivity index (χ1) is 8.61. The molecule has 0 fully saturated rings. The highest BCUT2D eigenvalue weighted by Crippen LogP contribution is 2.30. The zero-order valence-corrected chi connectivity index (χ0v) is 12.3. The van der Waals surface area contributed by atoms with Crippen LogP contribution in [-0.2, 0) is 0 Å². The molecule has 0 aliphatic carbocycles. The Kier molecular flexibility index (Phi) is 4.40. The summed E-state index contributed by atoms with van der Waals surface area (Å²) in [6, 6.07) is 13.9. The van der Waals surface area contributed by atoms with Gasteiger partial charge in [-0.1, -0.05) is 57.4 Å². The van der Waals surface area contributed by atoms with E-state index in [2.05, 4.69) is 52.5 Å². The summed E-state index contributed by atoms with van der Waals surface area (Å²) >= 11 is 9.57. The molecule has 18 heavy (non-hydrogen) atoms. The summed E-state index contributed by atoms with van der Waals surface area (Å²) in [5.41, 5.74) is 6.18. The van der Waals surface area contributed by atoms with Crippen molar-refractivity contribution in [2.24, 2.45) is 5.84 Å². The maximum absolute atomic E-state index is 6.04. The van der Waals surface area contributed by atoms with Gasteiger partial charge in [-0.2, -0.15) is 0 Å². The van der Waals surface area contributed by atoms with Crippen LogP contribution in [0.2, 0.25) is 5.02 Å². The molecule has 0 bridgehead atoms. The monoisotopic (exact) mass is 324 g/mol. The van der Waals surface area contributed by atoms with Crippen molar-refractivity contribution >= 4 is 27.5 Å². The molecule has 0 aliphatic rings. The lowest BCUT2D eigenvalue weighted by Gasteiger charge is -2.19. The predicted molar refractivity (Wildman–Crippen MR) is 79.5 cm³/mol. The lowest BCUT2D eigenvalue weighted by molar-refractivity contribution is 0.634. The number of hydrazine groups is 1. The van der Waals surface area contributed by atoms with Gasteiger partial charge in [-0.05, 0) is 36.2 Å². The van der Waals surface area contributed by atoms with Crippen LogP contribution in [0, 0.1) is 6.92 Å². The molecule has 0 radical (unpaired) electrons. The van der Waals surface area contributed by atoms with Crippen LogP contribution < -0.4 is 11.3 Å². The van der Waals surface area contributed by atoms with E-state index in [1.807, 2.05) is 18.2 Å². The van der Waals surface area contributed by atoms with Crippen LogP contribution in [0.15, 0.2) is 46.9 Å². The number of rotatable bonds is 3. The minimum atomic E-state index is -0.0846. The van der Waals surface area contributed by atoms with Gasteiger partial charge in [-0.15, -0.1) is 0 Å². The van der Waals surface area contributed by atoms with Gasteiger partial charge in [-0.25, -0.2) is 5.43 Å². The van der Waals surface area contributed by atoms with E-state index in [1.54, 1.807) is 0 Å². The topological polar surface area (TPSA) is 38.0 Å². The Labute approximate surface area is 120 Å². The highest BCUT2D eigenvalue weighted by molar-refractivity contribution is 9.10. The molecule has 2 aromatic carbocycles. The Bertz CT molecular complexity index is 540. The zero-order chi connectivity index (χ0) is 13.1. The minimum absolute atomic E-state index is 0.0846. The molecule has 0 spiro atoms. The van der Waals surface area contributed by atoms with Crippen molar-refractivity contribution in [1.29, 1.82) is 0 Å². The highest BCUT2D eigenvalue weighted by Gasteiger charge is 2.15. The van der Waals surface area contributed by atoms with E-state index in [4.69, 9.17) is 17.4 Å². The summed E-state index contributed by atoms with van der Waals surface area (Å²) in [6.07, 6.45) is 0. The Balaban J connectivity index is 2.44. The van der Waals surface area contributed by atoms with Crippen molar-refractivity contribution in [3.63, 3.8) is 0 Å².